The molecule has 0 amide bonds. The first-order chi connectivity index (χ1) is 8.63. The minimum atomic E-state index is -3.04. The first kappa shape index (κ1) is 16.2. The fourth-order valence-electron chi connectivity index (χ4n) is 1.69. The molecule has 0 radical (unpaired) electrons. The predicted molar refractivity (Wildman–Crippen MR) is 81.1 cm³/mol. The SMILES string of the molecule is Cc1ccc([C@@H](C)NCCS(=O)(=O)C(C)(C)C)cc1. The molecule has 1 N–H and O–H groups in total. The topological polar surface area (TPSA) is 46.2 Å². The molecule has 4 heteroatoms. The van der Waals surface area contributed by atoms with Crippen molar-refractivity contribution in [1.29, 1.82) is 0 Å². The molecular weight excluding hydrogens is 258 g/mol. The van der Waals surface area contributed by atoms with Crippen LogP contribution in [-0.4, -0.2) is 25.5 Å². The van der Waals surface area contributed by atoms with Gasteiger partial charge < -0.3 is 5.32 Å². The van der Waals surface area contributed by atoms with Crippen LogP contribution in [0.25, 0.3) is 0 Å². The van der Waals surface area contributed by atoms with E-state index in [1.54, 1.807) is 20.8 Å². The Morgan fingerprint density at radius 3 is 2.16 bits per heavy atom. The van der Waals surface area contributed by atoms with Crippen molar-refractivity contribution in [2.75, 3.05) is 12.3 Å². The van der Waals surface area contributed by atoms with Gasteiger partial charge in [-0.25, -0.2) is 8.42 Å². The second-order valence-corrected chi connectivity index (χ2v) is 8.88. The van der Waals surface area contributed by atoms with Crippen molar-refractivity contribution in [3.63, 3.8) is 0 Å². The highest BCUT2D eigenvalue weighted by Crippen LogP contribution is 2.16. The third-order valence-electron chi connectivity index (χ3n) is 3.33. The average Bonchev–Trinajstić information content (AvgIpc) is 2.28. The van der Waals surface area contributed by atoms with E-state index in [4.69, 9.17) is 0 Å². The van der Waals surface area contributed by atoms with Crippen LogP contribution in [0.1, 0.15) is 44.9 Å². The molecule has 0 saturated carbocycles. The Labute approximate surface area is 117 Å². The van der Waals surface area contributed by atoms with Crippen LogP contribution in [-0.2, 0) is 9.84 Å². The fourth-order valence-corrected chi connectivity index (χ4v) is 2.69. The summed E-state index contributed by atoms with van der Waals surface area (Å²) >= 11 is 0. The van der Waals surface area contributed by atoms with Crippen molar-refractivity contribution in [2.24, 2.45) is 0 Å². The summed E-state index contributed by atoms with van der Waals surface area (Å²) in [7, 11) is -3.04. The van der Waals surface area contributed by atoms with Crippen molar-refractivity contribution in [2.45, 2.75) is 45.4 Å². The van der Waals surface area contributed by atoms with Gasteiger partial charge in [0.2, 0.25) is 0 Å². The van der Waals surface area contributed by atoms with Gasteiger partial charge >= 0.3 is 0 Å². The maximum atomic E-state index is 12.0. The van der Waals surface area contributed by atoms with Crippen LogP contribution in [0.3, 0.4) is 0 Å². The molecule has 1 aromatic rings. The quantitative estimate of drug-likeness (QED) is 0.904. The molecule has 0 aliphatic carbocycles. The smallest absolute Gasteiger partial charge is 0.156 e. The Bertz CT molecular complexity index is 498. The molecule has 0 bridgehead atoms. The normalized spacial score (nSPS) is 14.4. The molecule has 19 heavy (non-hydrogen) atoms. The summed E-state index contributed by atoms with van der Waals surface area (Å²) in [6, 6.07) is 8.45. The van der Waals surface area contributed by atoms with Crippen LogP contribution in [0.5, 0.6) is 0 Å². The summed E-state index contributed by atoms with van der Waals surface area (Å²) in [6.45, 7) is 9.81. The Balaban J connectivity index is 2.52. The summed E-state index contributed by atoms with van der Waals surface area (Å²) < 4.78 is 23.3. The van der Waals surface area contributed by atoms with E-state index in [1.165, 1.54) is 11.1 Å². The monoisotopic (exact) mass is 283 g/mol. The minimum Gasteiger partial charge on any atom is -0.309 e. The molecule has 3 nitrogen and oxygen atoms in total. The molecule has 1 aromatic carbocycles. The maximum Gasteiger partial charge on any atom is 0.156 e. The average molecular weight is 283 g/mol. The minimum absolute atomic E-state index is 0.163. The van der Waals surface area contributed by atoms with Crippen LogP contribution in [0.4, 0.5) is 0 Å². The Morgan fingerprint density at radius 1 is 1.16 bits per heavy atom. The van der Waals surface area contributed by atoms with Crippen LogP contribution in [0, 0.1) is 6.92 Å². The lowest BCUT2D eigenvalue weighted by Crippen LogP contribution is -2.35. The van der Waals surface area contributed by atoms with Gasteiger partial charge in [-0.3, -0.25) is 0 Å². The van der Waals surface area contributed by atoms with Crippen LogP contribution in [0.2, 0.25) is 0 Å². The van der Waals surface area contributed by atoms with Gasteiger partial charge in [0.1, 0.15) is 0 Å². The van der Waals surface area contributed by atoms with Crippen molar-refractivity contribution in [3.05, 3.63) is 35.4 Å². The molecule has 1 rings (SSSR count). The molecule has 0 aliphatic heterocycles. The number of hydrogen-bond acceptors (Lipinski definition) is 3. The Hall–Kier alpha value is -0.870. The first-order valence-corrected chi connectivity index (χ1v) is 8.31. The van der Waals surface area contributed by atoms with E-state index in [0.29, 0.717) is 6.54 Å². The second-order valence-electron chi connectivity index (χ2n) is 6.02. The number of aryl methyl sites for hydroxylation is 1. The van der Waals surface area contributed by atoms with Crippen molar-refractivity contribution >= 4 is 9.84 Å². The zero-order valence-electron chi connectivity index (χ0n) is 12.5. The maximum absolute atomic E-state index is 12.0. The number of nitrogens with one attached hydrogen (secondary N) is 1. The molecular formula is C15H25NO2S. The highest BCUT2D eigenvalue weighted by molar-refractivity contribution is 7.92. The highest BCUT2D eigenvalue weighted by atomic mass is 32.2. The molecule has 0 spiro atoms. The molecule has 0 heterocycles. The first-order valence-electron chi connectivity index (χ1n) is 6.66. The van der Waals surface area contributed by atoms with Gasteiger partial charge in [-0.05, 0) is 40.2 Å². The molecule has 0 aliphatic rings. The fraction of sp³-hybridized carbons (Fsp3) is 0.600. The summed E-state index contributed by atoms with van der Waals surface area (Å²) in [5.74, 6) is 0.173. The van der Waals surface area contributed by atoms with Gasteiger partial charge in [-0.1, -0.05) is 29.8 Å². The largest absolute Gasteiger partial charge is 0.309 e. The van der Waals surface area contributed by atoms with Crippen molar-refractivity contribution in [1.82, 2.24) is 5.32 Å². The summed E-state index contributed by atoms with van der Waals surface area (Å²) in [4.78, 5) is 0. The summed E-state index contributed by atoms with van der Waals surface area (Å²) in [5, 5.41) is 3.27. The van der Waals surface area contributed by atoms with E-state index in [9.17, 15) is 8.42 Å². The third kappa shape index (κ3) is 4.62. The molecule has 0 fully saturated rings. The number of benzene rings is 1. The number of rotatable bonds is 5. The van der Waals surface area contributed by atoms with E-state index in [-0.39, 0.29) is 11.8 Å². The van der Waals surface area contributed by atoms with E-state index in [0.717, 1.165) is 0 Å². The Morgan fingerprint density at radius 2 is 1.68 bits per heavy atom. The van der Waals surface area contributed by atoms with Gasteiger partial charge in [0.15, 0.2) is 9.84 Å². The standard InChI is InChI=1S/C15H25NO2S/c1-12-6-8-14(9-7-12)13(2)16-10-11-19(17,18)15(3,4)5/h6-9,13,16H,10-11H2,1-5H3/t13-/m1/s1. The Kier molecular flexibility index (Phi) is 5.16. The number of hydrogen-bond donors (Lipinski definition) is 1. The molecule has 108 valence electrons. The van der Waals surface area contributed by atoms with Gasteiger partial charge in [-0.15, -0.1) is 0 Å². The zero-order chi connectivity index (χ0) is 14.7. The van der Waals surface area contributed by atoms with E-state index >= 15 is 0 Å². The van der Waals surface area contributed by atoms with E-state index < -0.39 is 14.6 Å². The molecule has 0 aromatic heterocycles. The van der Waals surface area contributed by atoms with Gasteiger partial charge in [0, 0.05) is 12.6 Å². The lowest BCUT2D eigenvalue weighted by atomic mass is 10.1. The van der Waals surface area contributed by atoms with Crippen molar-refractivity contribution in [3.8, 4) is 0 Å². The molecule has 0 saturated heterocycles. The molecule has 1 atom stereocenters. The molecule has 0 unspecified atom stereocenters. The third-order valence-corrected chi connectivity index (χ3v) is 5.94. The second kappa shape index (κ2) is 6.06. The van der Waals surface area contributed by atoms with Gasteiger partial charge in [-0.2, -0.15) is 0 Å². The van der Waals surface area contributed by atoms with Gasteiger partial charge in [0.25, 0.3) is 0 Å². The van der Waals surface area contributed by atoms with E-state index in [2.05, 4.69) is 36.5 Å². The lowest BCUT2D eigenvalue weighted by Gasteiger charge is -2.20. The van der Waals surface area contributed by atoms with E-state index in [1.807, 2.05) is 6.92 Å². The zero-order valence-corrected chi connectivity index (χ0v) is 13.3. The van der Waals surface area contributed by atoms with Crippen LogP contribution < -0.4 is 5.32 Å². The van der Waals surface area contributed by atoms with Gasteiger partial charge in [0.05, 0.1) is 10.5 Å². The summed E-state index contributed by atoms with van der Waals surface area (Å²) in [5.41, 5.74) is 2.41. The number of sulfone groups is 1. The van der Waals surface area contributed by atoms with Crippen molar-refractivity contribution < 1.29 is 8.42 Å². The summed E-state index contributed by atoms with van der Waals surface area (Å²) in [6.07, 6.45) is 0. The van der Waals surface area contributed by atoms with Crippen LogP contribution >= 0.6 is 0 Å². The highest BCUT2D eigenvalue weighted by Gasteiger charge is 2.28. The van der Waals surface area contributed by atoms with Crippen LogP contribution in [0.15, 0.2) is 24.3 Å². The predicted octanol–water partition coefficient (Wildman–Crippen LogP) is 2.86. The lowest BCUT2D eigenvalue weighted by molar-refractivity contribution is 0.546.